The molecule has 0 spiro atoms. The highest BCUT2D eigenvalue weighted by Crippen LogP contribution is 2.49. The Bertz CT molecular complexity index is 1910. The van der Waals surface area contributed by atoms with E-state index in [1.165, 1.54) is 66.0 Å². The van der Waals surface area contributed by atoms with Crippen LogP contribution >= 0.6 is 0 Å². The standard InChI is InChI=1S/C33H20N2/c1-2-9-25-24(8-1)28-12-5-11-27-23(15-16-29(25)33(27)28)21-14-17-32-30(19-21)26-10-3-4-13-31(26)35(32)22-7-6-18-34-20-22/h1-20H. The lowest BCUT2D eigenvalue weighted by molar-refractivity contribution is 1.14. The van der Waals surface area contributed by atoms with E-state index in [9.17, 15) is 0 Å². The first-order chi connectivity index (χ1) is 17.4. The summed E-state index contributed by atoms with van der Waals surface area (Å²) in [7, 11) is 0. The summed E-state index contributed by atoms with van der Waals surface area (Å²) in [6.45, 7) is 0. The molecule has 162 valence electrons. The Morgan fingerprint density at radius 3 is 2.06 bits per heavy atom. The molecule has 7 aromatic rings. The van der Waals surface area contributed by atoms with Gasteiger partial charge in [-0.3, -0.25) is 4.98 Å². The Hall–Kier alpha value is -4.69. The van der Waals surface area contributed by atoms with Crippen LogP contribution in [0.15, 0.2) is 122 Å². The Morgan fingerprint density at radius 2 is 1.20 bits per heavy atom. The number of aromatic nitrogens is 2. The normalized spacial score (nSPS) is 12.0. The van der Waals surface area contributed by atoms with E-state index in [2.05, 4.69) is 113 Å². The predicted octanol–water partition coefficient (Wildman–Crippen LogP) is 8.65. The Kier molecular flexibility index (Phi) is 3.69. The third kappa shape index (κ3) is 2.51. The van der Waals surface area contributed by atoms with Crippen molar-refractivity contribution in [3.8, 4) is 39.1 Å². The number of rotatable bonds is 2. The molecule has 0 bridgehead atoms. The minimum atomic E-state index is 1.08. The molecule has 0 saturated carbocycles. The smallest absolute Gasteiger partial charge is 0.0645 e. The van der Waals surface area contributed by atoms with Gasteiger partial charge in [-0.2, -0.15) is 0 Å². The van der Waals surface area contributed by atoms with Gasteiger partial charge in [0.1, 0.15) is 0 Å². The summed E-state index contributed by atoms with van der Waals surface area (Å²) in [5.41, 5.74) is 11.3. The van der Waals surface area contributed by atoms with Crippen LogP contribution < -0.4 is 0 Å². The van der Waals surface area contributed by atoms with E-state index < -0.39 is 0 Å². The van der Waals surface area contributed by atoms with Crippen LogP contribution in [-0.2, 0) is 0 Å². The van der Waals surface area contributed by atoms with Crippen molar-refractivity contribution < 1.29 is 0 Å². The van der Waals surface area contributed by atoms with E-state index >= 15 is 0 Å². The SMILES string of the molecule is c1cncc(-n2c3ccccc3c3cc(-c4ccc5c6c(cccc46)-c4ccccc4-5)ccc32)c1. The monoisotopic (exact) mass is 444 g/mol. The van der Waals surface area contributed by atoms with E-state index in [0.29, 0.717) is 0 Å². The Balaban J connectivity index is 1.41. The number of fused-ring (bicyclic) bond motifs is 6. The molecular formula is C33H20N2. The van der Waals surface area contributed by atoms with Crippen LogP contribution in [0.1, 0.15) is 0 Å². The molecule has 2 heterocycles. The topological polar surface area (TPSA) is 17.8 Å². The molecule has 0 fully saturated rings. The molecule has 35 heavy (non-hydrogen) atoms. The van der Waals surface area contributed by atoms with Crippen molar-refractivity contribution in [1.29, 1.82) is 0 Å². The third-order valence-corrected chi connectivity index (χ3v) is 7.44. The number of nitrogens with zero attached hydrogens (tertiary/aromatic N) is 2. The van der Waals surface area contributed by atoms with Gasteiger partial charge in [0, 0.05) is 17.0 Å². The molecule has 0 amide bonds. The van der Waals surface area contributed by atoms with Crippen LogP contribution in [0.3, 0.4) is 0 Å². The molecule has 5 aromatic carbocycles. The highest BCUT2D eigenvalue weighted by Gasteiger charge is 2.22. The fraction of sp³-hybridized carbons (Fsp3) is 0. The second kappa shape index (κ2) is 6.91. The van der Waals surface area contributed by atoms with Gasteiger partial charge in [-0.25, -0.2) is 0 Å². The number of hydrogen-bond donors (Lipinski definition) is 0. The van der Waals surface area contributed by atoms with Crippen LogP contribution in [0.25, 0.3) is 71.6 Å². The first-order valence-corrected chi connectivity index (χ1v) is 12.0. The molecular weight excluding hydrogens is 424 g/mol. The van der Waals surface area contributed by atoms with E-state index in [1.807, 2.05) is 18.5 Å². The van der Waals surface area contributed by atoms with Gasteiger partial charge in [0.15, 0.2) is 0 Å². The lowest BCUT2D eigenvalue weighted by atomic mass is 9.93. The largest absolute Gasteiger partial charge is 0.308 e. The minimum absolute atomic E-state index is 1.08. The third-order valence-electron chi connectivity index (χ3n) is 7.44. The van der Waals surface area contributed by atoms with Crippen molar-refractivity contribution in [2.45, 2.75) is 0 Å². The average molecular weight is 445 g/mol. The van der Waals surface area contributed by atoms with Gasteiger partial charge in [0.05, 0.1) is 22.9 Å². The zero-order valence-electron chi connectivity index (χ0n) is 18.9. The lowest BCUT2D eigenvalue weighted by Crippen LogP contribution is -1.93. The Morgan fingerprint density at radius 1 is 0.486 bits per heavy atom. The van der Waals surface area contributed by atoms with E-state index in [4.69, 9.17) is 0 Å². The quantitative estimate of drug-likeness (QED) is 0.261. The van der Waals surface area contributed by atoms with Crippen molar-refractivity contribution in [3.63, 3.8) is 0 Å². The fourth-order valence-electron chi connectivity index (χ4n) is 5.96. The molecule has 0 N–H and O–H groups in total. The number of benzene rings is 5. The van der Waals surface area contributed by atoms with Crippen LogP contribution in [0.2, 0.25) is 0 Å². The molecule has 1 aliphatic carbocycles. The first kappa shape index (κ1) is 18.7. The van der Waals surface area contributed by atoms with Crippen molar-refractivity contribution >= 4 is 32.6 Å². The Labute approximate surface area is 202 Å². The second-order valence-electron chi connectivity index (χ2n) is 9.23. The summed E-state index contributed by atoms with van der Waals surface area (Å²) >= 11 is 0. The van der Waals surface area contributed by atoms with Gasteiger partial charge in [-0.05, 0) is 74.5 Å². The minimum Gasteiger partial charge on any atom is -0.308 e. The fourth-order valence-corrected chi connectivity index (χ4v) is 5.96. The van der Waals surface area contributed by atoms with Gasteiger partial charge < -0.3 is 4.57 Å². The predicted molar refractivity (Wildman–Crippen MR) is 146 cm³/mol. The van der Waals surface area contributed by atoms with E-state index in [-0.39, 0.29) is 0 Å². The summed E-state index contributed by atoms with van der Waals surface area (Å²) in [6, 6.07) is 39.7. The number of hydrogen-bond acceptors (Lipinski definition) is 1. The van der Waals surface area contributed by atoms with Gasteiger partial charge in [0.2, 0.25) is 0 Å². The van der Waals surface area contributed by atoms with Crippen LogP contribution in [-0.4, -0.2) is 9.55 Å². The molecule has 0 saturated heterocycles. The molecule has 0 atom stereocenters. The average Bonchev–Trinajstić information content (AvgIpc) is 3.43. The maximum absolute atomic E-state index is 4.37. The van der Waals surface area contributed by atoms with Crippen LogP contribution in [0.4, 0.5) is 0 Å². The molecule has 1 aliphatic rings. The lowest BCUT2D eigenvalue weighted by Gasteiger charge is -2.11. The summed E-state index contributed by atoms with van der Waals surface area (Å²) < 4.78 is 2.31. The van der Waals surface area contributed by atoms with Crippen molar-refractivity contribution in [2.24, 2.45) is 0 Å². The van der Waals surface area contributed by atoms with Crippen molar-refractivity contribution in [1.82, 2.24) is 9.55 Å². The maximum Gasteiger partial charge on any atom is 0.0645 e. The van der Waals surface area contributed by atoms with Gasteiger partial charge in [-0.15, -0.1) is 0 Å². The van der Waals surface area contributed by atoms with Crippen LogP contribution in [0, 0.1) is 0 Å². The van der Waals surface area contributed by atoms with Crippen LogP contribution in [0.5, 0.6) is 0 Å². The molecule has 2 heteroatoms. The van der Waals surface area contributed by atoms with Crippen molar-refractivity contribution in [2.75, 3.05) is 0 Å². The first-order valence-electron chi connectivity index (χ1n) is 12.0. The maximum atomic E-state index is 4.37. The summed E-state index contributed by atoms with van der Waals surface area (Å²) in [6.07, 6.45) is 3.75. The van der Waals surface area contributed by atoms with Crippen molar-refractivity contribution in [3.05, 3.63) is 122 Å². The summed E-state index contributed by atoms with van der Waals surface area (Å²) in [5.74, 6) is 0. The van der Waals surface area contributed by atoms with Gasteiger partial charge >= 0.3 is 0 Å². The summed E-state index contributed by atoms with van der Waals surface area (Å²) in [4.78, 5) is 4.37. The zero-order valence-corrected chi connectivity index (χ0v) is 18.9. The number of pyridine rings is 1. The summed E-state index contributed by atoms with van der Waals surface area (Å²) in [5, 5.41) is 5.19. The van der Waals surface area contributed by atoms with Gasteiger partial charge in [0.25, 0.3) is 0 Å². The molecule has 8 rings (SSSR count). The molecule has 0 unspecified atom stereocenters. The molecule has 0 aliphatic heterocycles. The second-order valence-corrected chi connectivity index (χ2v) is 9.23. The highest BCUT2D eigenvalue weighted by molar-refractivity contribution is 6.19. The highest BCUT2D eigenvalue weighted by atomic mass is 15.0. The molecule has 2 aromatic heterocycles. The van der Waals surface area contributed by atoms with E-state index in [1.54, 1.807) is 0 Å². The van der Waals surface area contributed by atoms with Gasteiger partial charge in [-0.1, -0.05) is 78.9 Å². The van der Waals surface area contributed by atoms with E-state index in [0.717, 1.165) is 5.69 Å². The zero-order chi connectivity index (χ0) is 22.9. The number of para-hydroxylation sites is 1. The molecule has 2 nitrogen and oxygen atoms in total. The molecule has 0 radical (unpaired) electrons.